The van der Waals surface area contributed by atoms with Crippen molar-refractivity contribution in [2.24, 2.45) is 5.41 Å². The van der Waals surface area contributed by atoms with E-state index in [0.717, 1.165) is 32.4 Å². The standard InChI is InChI=1S/C17H31N3O4/c1-3-20(11-15(21)22)14-9-13(10-14)19-16(23)18-8-7-17(12-24-2)5-4-6-17/h13-14H,3-12H2,1-2H3,(H,21,22)(H2,18,19,23). The zero-order valence-electron chi connectivity index (χ0n) is 14.8. The maximum Gasteiger partial charge on any atom is 0.317 e. The number of amides is 2. The van der Waals surface area contributed by atoms with Crippen LogP contribution in [0.15, 0.2) is 0 Å². The Morgan fingerprint density at radius 2 is 2.04 bits per heavy atom. The molecule has 7 heteroatoms. The maximum atomic E-state index is 12.0. The van der Waals surface area contributed by atoms with Gasteiger partial charge in [0.15, 0.2) is 0 Å². The fraction of sp³-hybridized carbons (Fsp3) is 0.882. The molecule has 2 rings (SSSR count). The number of carbonyl (C=O) groups is 2. The summed E-state index contributed by atoms with van der Waals surface area (Å²) >= 11 is 0. The van der Waals surface area contributed by atoms with Gasteiger partial charge in [0.05, 0.1) is 13.2 Å². The van der Waals surface area contributed by atoms with Crippen molar-refractivity contribution in [2.45, 2.75) is 57.5 Å². The number of hydrogen-bond acceptors (Lipinski definition) is 4. The minimum atomic E-state index is -0.799. The Morgan fingerprint density at radius 1 is 1.33 bits per heavy atom. The van der Waals surface area contributed by atoms with Crippen molar-refractivity contribution in [3.05, 3.63) is 0 Å². The van der Waals surface area contributed by atoms with E-state index in [1.54, 1.807) is 7.11 Å². The summed E-state index contributed by atoms with van der Waals surface area (Å²) in [5.41, 5.74) is 0.266. The van der Waals surface area contributed by atoms with Gasteiger partial charge in [0.1, 0.15) is 0 Å². The highest BCUT2D eigenvalue weighted by Crippen LogP contribution is 2.43. The molecule has 0 aromatic carbocycles. The molecule has 7 nitrogen and oxygen atoms in total. The van der Waals surface area contributed by atoms with Crippen LogP contribution in [0.3, 0.4) is 0 Å². The highest BCUT2D eigenvalue weighted by atomic mass is 16.5. The van der Waals surface area contributed by atoms with Gasteiger partial charge in [-0.15, -0.1) is 0 Å². The van der Waals surface area contributed by atoms with E-state index in [1.165, 1.54) is 19.3 Å². The van der Waals surface area contributed by atoms with Gasteiger partial charge in [0.25, 0.3) is 0 Å². The summed E-state index contributed by atoms with van der Waals surface area (Å²) in [6, 6.07) is 0.289. The summed E-state index contributed by atoms with van der Waals surface area (Å²) in [5, 5.41) is 14.8. The van der Waals surface area contributed by atoms with Gasteiger partial charge in [-0.1, -0.05) is 13.3 Å². The van der Waals surface area contributed by atoms with Crippen LogP contribution in [0.25, 0.3) is 0 Å². The molecule has 0 bridgehead atoms. The summed E-state index contributed by atoms with van der Waals surface area (Å²) in [4.78, 5) is 24.7. The third-order valence-electron chi connectivity index (χ3n) is 5.51. The second kappa shape index (κ2) is 8.67. The van der Waals surface area contributed by atoms with Crippen LogP contribution < -0.4 is 10.6 Å². The van der Waals surface area contributed by atoms with Crippen LogP contribution in [0, 0.1) is 5.41 Å². The normalized spacial score (nSPS) is 24.8. The van der Waals surface area contributed by atoms with E-state index in [0.29, 0.717) is 6.54 Å². The summed E-state index contributed by atoms with van der Waals surface area (Å²) in [6.45, 7) is 4.20. The lowest BCUT2D eigenvalue weighted by atomic mass is 9.67. The van der Waals surface area contributed by atoms with Gasteiger partial charge in [-0.2, -0.15) is 0 Å². The Bertz CT molecular complexity index is 434. The fourth-order valence-electron chi connectivity index (χ4n) is 3.80. The lowest BCUT2D eigenvalue weighted by Gasteiger charge is -2.42. The Labute approximate surface area is 144 Å². The molecule has 0 aliphatic heterocycles. The SMILES string of the molecule is CCN(CC(=O)O)C1CC(NC(=O)NCCC2(COC)CCC2)C1. The monoisotopic (exact) mass is 341 g/mol. The fourth-order valence-corrected chi connectivity index (χ4v) is 3.80. The molecule has 0 unspecified atom stereocenters. The predicted molar refractivity (Wildman–Crippen MR) is 91.0 cm³/mol. The first kappa shape index (κ1) is 19.0. The number of rotatable bonds is 10. The minimum Gasteiger partial charge on any atom is -0.480 e. The average molecular weight is 341 g/mol. The molecule has 24 heavy (non-hydrogen) atoms. The summed E-state index contributed by atoms with van der Waals surface area (Å²) in [6.07, 6.45) is 6.23. The van der Waals surface area contributed by atoms with Crippen molar-refractivity contribution < 1.29 is 19.4 Å². The van der Waals surface area contributed by atoms with E-state index < -0.39 is 5.97 Å². The Kier molecular flexibility index (Phi) is 6.86. The molecule has 2 aliphatic carbocycles. The first-order valence-corrected chi connectivity index (χ1v) is 8.97. The number of carboxylic acids is 1. The smallest absolute Gasteiger partial charge is 0.317 e. The number of hydrogen-bond donors (Lipinski definition) is 3. The third kappa shape index (κ3) is 5.08. The molecular weight excluding hydrogens is 310 g/mol. The molecule has 0 radical (unpaired) electrons. The largest absolute Gasteiger partial charge is 0.480 e. The van der Waals surface area contributed by atoms with Gasteiger partial charge in [-0.25, -0.2) is 4.79 Å². The molecule has 0 atom stereocenters. The molecule has 138 valence electrons. The zero-order valence-corrected chi connectivity index (χ0v) is 14.8. The number of urea groups is 1. The van der Waals surface area contributed by atoms with Gasteiger partial charge in [0, 0.05) is 25.7 Å². The van der Waals surface area contributed by atoms with Crippen LogP contribution in [0.2, 0.25) is 0 Å². The topological polar surface area (TPSA) is 90.9 Å². The van der Waals surface area contributed by atoms with Crippen LogP contribution >= 0.6 is 0 Å². The highest BCUT2D eigenvalue weighted by Gasteiger charge is 2.37. The number of ether oxygens (including phenoxy) is 1. The van der Waals surface area contributed by atoms with Crippen LogP contribution in [0.1, 0.15) is 45.4 Å². The molecule has 2 fully saturated rings. The number of likely N-dealkylation sites (N-methyl/N-ethyl adjacent to an activating group) is 1. The molecule has 0 heterocycles. The first-order chi connectivity index (χ1) is 11.5. The number of aliphatic carboxylic acids is 1. The molecule has 0 aromatic heterocycles. The molecular formula is C17H31N3O4. The quantitative estimate of drug-likeness (QED) is 0.559. The van der Waals surface area contributed by atoms with Crippen LogP contribution in [-0.4, -0.2) is 67.4 Å². The highest BCUT2D eigenvalue weighted by molar-refractivity contribution is 5.74. The number of carbonyl (C=O) groups excluding carboxylic acids is 1. The van der Waals surface area contributed by atoms with E-state index in [-0.39, 0.29) is 30.1 Å². The second-order valence-electron chi connectivity index (χ2n) is 7.22. The van der Waals surface area contributed by atoms with E-state index >= 15 is 0 Å². The van der Waals surface area contributed by atoms with E-state index in [9.17, 15) is 9.59 Å². The van der Waals surface area contributed by atoms with Gasteiger partial charge in [-0.3, -0.25) is 9.69 Å². The molecule has 2 amide bonds. The van der Waals surface area contributed by atoms with Crippen molar-refractivity contribution in [3.63, 3.8) is 0 Å². The van der Waals surface area contributed by atoms with E-state index in [4.69, 9.17) is 9.84 Å². The number of nitrogens with one attached hydrogen (secondary N) is 2. The molecule has 3 N–H and O–H groups in total. The summed E-state index contributed by atoms with van der Waals surface area (Å²) in [5.74, 6) is -0.799. The third-order valence-corrected chi connectivity index (χ3v) is 5.51. The van der Waals surface area contributed by atoms with Gasteiger partial charge in [-0.05, 0) is 44.1 Å². The van der Waals surface area contributed by atoms with Gasteiger partial charge < -0.3 is 20.5 Å². The lowest BCUT2D eigenvalue weighted by molar-refractivity contribution is -0.139. The maximum absolute atomic E-state index is 12.0. The number of carboxylic acid groups (broad SMARTS) is 1. The Hall–Kier alpha value is -1.34. The Balaban J connectivity index is 1.60. The van der Waals surface area contributed by atoms with Crippen molar-refractivity contribution in [3.8, 4) is 0 Å². The van der Waals surface area contributed by atoms with Gasteiger partial charge in [0.2, 0.25) is 0 Å². The molecule has 2 aliphatic rings. The summed E-state index contributed by atoms with van der Waals surface area (Å²) < 4.78 is 5.30. The number of nitrogens with zero attached hydrogens (tertiary/aromatic N) is 1. The van der Waals surface area contributed by atoms with Crippen LogP contribution in [0.5, 0.6) is 0 Å². The second-order valence-corrected chi connectivity index (χ2v) is 7.22. The van der Waals surface area contributed by atoms with E-state index in [2.05, 4.69) is 10.6 Å². The number of methoxy groups -OCH3 is 1. The van der Waals surface area contributed by atoms with Crippen molar-refractivity contribution in [1.29, 1.82) is 0 Å². The van der Waals surface area contributed by atoms with Crippen molar-refractivity contribution in [2.75, 3.05) is 33.4 Å². The zero-order chi connectivity index (χ0) is 17.6. The molecule has 0 aromatic rings. The predicted octanol–water partition coefficient (Wildman–Crippen LogP) is 1.43. The van der Waals surface area contributed by atoms with Crippen LogP contribution in [0.4, 0.5) is 4.79 Å². The van der Waals surface area contributed by atoms with Crippen molar-refractivity contribution >= 4 is 12.0 Å². The average Bonchev–Trinajstić information content (AvgIpc) is 2.45. The van der Waals surface area contributed by atoms with Crippen molar-refractivity contribution in [1.82, 2.24) is 15.5 Å². The lowest BCUT2D eigenvalue weighted by Crippen LogP contribution is -2.56. The summed E-state index contributed by atoms with van der Waals surface area (Å²) in [7, 11) is 1.73. The van der Waals surface area contributed by atoms with E-state index in [1.807, 2.05) is 11.8 Å². The minimum absolute atomic E-state index is 0.0711. The van der Waals surface area contributed by atoms with Gasteiger partial charge >= 0.3 is 12.0 Å². The first-order valence-electron chi connectivity index (χ1n) is 8.97. The molecule has 0 spiro atoms. The molecule has 0 saturated heterocycles. The van der Waals surface area contributed by atoms with Crippen LogP contribution in [-0.2, 0) is 9.53 Å². The Morgan fingerprint density at radius 3 is 2.54 bits per heavy atom. The molecule has 2 saturated carbocycles.